The second-order valence-electron chi connectivity index (χ2n) is 3.67. The molecule has 2 aromatic rings. The lowest BCUT2D eigenvalue weighted by Crippen LogP contribution is -1.85. The molecule has 0 saturated carbocycles. The van der Waals surface area contributed by atoms with Gasteiger partial charge in [0.15, 0.2) is 0 Å². The molecule has 0 aliphatic heterocycles. The Morgan fingerprint density at radius 1 is 0.842 bits per heavy atom. The molecule has 0 amide bonds. The summed E-state index contributed by atoms with van der Waals surface area (Å²) in [5.41, 5.74) is 2.74. The topological polar surface area (TPSA) is 37.3 Å². The fraction of sp³-hybridized carbons (Fsp3) is 0.235. The lowest BCUT2D eigenvalue weighted by atomic mass is 10.1. The summed E-state index contributed by atoms with van der Waals surface area (Å²) in [4.78, 5) is 9.00. The van der Waals surface area contributed by atoms with Gasteiger partial charge in [0.25, 0.3) is 5.97 Å². The van der Waals surface area contributed by atoms with E-state index in [1.165, 1.54) is 11.1 Å². The van der Waals surface area contributed by atoms with Crippen LogP contribution in [0.25, 0.3) is 0 Å². The zero-order valence-corrected chi connectivity index (χ0v) is 11.8. The normalized spacial score (nSPS) is 8.37. The largest absolute Gasteiger partial charge is 0.481 e. The van der Waals surface area contributed by atoms with Crippen molar-refractivity contribution in [2.45, 2.75) is 27.2 Å². The molecule has 0 aliphatic carbocycles. The highest BCUT2D eigenvalue weighted by atomic mass is 16.4. The molecule has 2 heteroatoms. The first kappa shape index (κ1) is 16.9. The molecule has 19 heavy (non-hydrogen) atoms. The van der Waals surface area contributed by atoms with E-state index in [1.54, 1.807) is 0 Å². The molecule has 0 saturated heterocycles. The second-order valence-corrected chi connectivity index (χ2v) is 3.67. The van der Waals surface area contributed by atoms with E-state index in [-0.39, 0.29) is 0 Å². The van der Waals surface area contributed by atoms with Crippen LogP contribution >= 0.6 is 0 Å². The number of carboxylic acid groups (broad SMARTS) is 1. The van der Waals surface area contributed by atoms with Gasteiger partial charge in [-0.25, -0.2) is 0 Å². The zero-order valence-electron chi connectivity index (χ0n) is 11.8. The maximum Gasteiger partial charge on any atom is 0.300 e. The fourth-order valence-corrected chi connectivity index (χ4v) is 1.43. The van der Waals surface area contributed by atoms with Crippen LogP contribution in [-0.2, 0) is 11.2 Å². The van der Waals surface area contributed by atoms with Crippen molar-refractivity contribution in [3.63, 3.8) is 0 Å². The highest BCUT2D eigenvalue weighted by Gasteiger charge is 1.92. The Bertz CT molecular complexity index is 394. The zero-order chi connectivity index (χ0) is 14.5. The summed E-state index contributed by atoms with van der Waals surface area (Å²) in [7, 11) is 0. The van der Waals surface area contributed by atoms with Gasteiger partial charge in [0.1, 0.15) is 0 Å². The SMILES string of the molecule is CC.CC(=O)O.c1ccc(Cc2ccccc2)cc1. The van der Waals surface area contributed by atoms with Crippen molar-refractivity contribution in [3.05, 3.63) is 71.8 Å². The van der Waals surface area contributed by atoms with Crippen molar-refractivity contribution in [3.8, 4) is 0 Å². The Balaban J connectivity index is 0.000000467. The first-order chi connectivity index (χ1) is 9.18. The molecule has 1 N–H and O–H groups in total. The number of hydrogen-bond acceptors (Lipinski definition) is 1. The van der Waals surface area contributed by atoms with Gasteiger partial charge in [0.05, 0.1) is 0 Å². The van der Waals surface area contributed by atoms with Gasteiger partial charge in [-0.05, 0) is 17.5 Å². The Hall–Kier alpha value is -2.09. The van der Waals surface area contributed by atoms with Crippen LogP contribution in [0.15, 0.2) is 60.7 Å². The molecule has 2 nitrogen and oxygen atoms in total. The van der Waals surface area contributed by atoms with Crippen molar-refractivity contribution in [2.75, 3.05) is 0 Å². The average Bonchev–Trinajstić information content (AvgIpc) is 2.43. The van der Waals surface area contributed by atoms with Crippen molar-refractivity contribution >= 4 is 5.97 Å². The highest BCUT2D eigenvalue weighted by molar-refractivity contribution is 5.62. The van der Waals surface area contributed by atoms with Crippen LogP contribution in [0.5, 0.6) is 0 Å². The summed E-state index contributed by atoms with van der Waals surface area (Å²) in [5.74, 6) is -0.833. The fourth-order valence-electron chi connectivity index (χ4n) is 1.43. The summed E-state index contributed by atoms with van der Waals surface area (Å²) in [5, 5.41) is 7.42. The van der Waals surface area contributed by atoms with Gasteiger partial charge in [-0.2, -0.15) is 0 Å². The molecule has 0 radical (unpaired) electrons. The van der Waals surface area contributed by atoms with E-state index in [4.69, 9.17) is 9.90 Å². The Kier molecular flexibility index (Phi) is 9.81. The molecule has 0 aliphatic rings. The number of aliphatic carboxylic acids is 1. The van der Waals surface area contributed by atoms with E-state index in [1.807, 2.05) is 13.8 Å². The molecular weight excluding hydrogens is 236 g/mol. The van der Waals surface area contributed by atoms with E-state index in [2.05, 4.69) is 60.7 Å². The predicted molar refractivity (Wildman–Crippen MR) is 80.3 cm³/mol. The van der Waals surface area contributed by atoms with E-state index in [0.29, 0.717) is 0 Å². The number of carbonyl (C=O) groups is 1. The van der Waals surface area contributed by atoms with Gasteiger partial charge in [0.2, 0.25) is 0 Å². The smallest absolute Gasteiger partial charge is 0.300 e. The monoisotopic (exact) mass is 258 g/mol. The Morgan fingerprint density at radius 3 is 1.37 bits per heavy atom. The van der Waals surface area contributed by atoms with E-state index in [0.717, 1.165) is 13.3 Å². The van der Waals surface area contributed by atoms with Crippen molar-refractivity contribution in [2.24, 2.45) is 0 Å². The maximum absolute atomic E-state index is 9.00. The summed E-state index contributed by atoms with van der Waals surface area (Å²) < 4.78 is 0. The predicted octanol–water partition coefficient (Wildman–Crippen LogP) is 4.39. The average molecular weight is 258 g/mol. The summed E-state index contributed by atoms with van der Waals surface area (Å²) >= 11 is 0. The van der Waals surface area contributed by atoms with Gasteiger partial charge in [-0.3, -0.25) is 4.79 Å². The molecule has 0 fully saturated rings. The van der Waals surface area contributed by atoms with Crippen LogP contribution in [0.1, 0.15) is 31.9 Å². The van der Waals surface area contributed by atoms with Gasteiger partial charge >= 0.3 is 0 Å². The third-order valence-electron chi connectivity index (χ3n) is 2.09. The Labute approximate surface area is 115 Å². The van der Waals surface area contributed by atoms with E-state index < -0.39 is 5.97 Å². The van der Waals surface area contributed by atoms with Crippen molar-refractivity contribution in [1.29, 1.82) is 0 Å². The number of benzene rings is 2. The van der Waals surface area contributed by atoms with Crippen LogP contribution in [0.2, 0.25) is 0 Å². The lowest BCUT2D eigenvalue weighted by Gasteiger charge is -2.00. The van der Waals surface area contributed by atoms with Crippen molar-refractivity contribution < 1.29 is 9.90 Å². The van der Waals surface area contributed by atoms with E-state index in [9.17, 15) is 0 Å². The molecule has 0 spiro atoms. The third kappa shape index (κ3) is 9.60. The van der Waals surface area contributed by atoms with Crippen molar-refractivity contribution in [1.82, 2.24) is 0 Å². The molecule has 0 heterocycles. The third-order valence-corrected chi connectivity index (χ3v) is 2.09. The standard InChI is InChI=1S/C13H12.C2H4O2.C2H6/c1-3-7-12(8-4-1)11-13-9-5-2-6-10-13;1-2(3)4;1-2/h1-10H,11H2;1H3,(H,3,4);1-2H3. The number of carboxylic acids is 1. The maximum atomic E-state index is 9.00. The van der Waals surface area contributed by atoms with Crippen LogP contribution in [0.4, 0.5) is 0 Å². The minimum atomic E-state index is -0.833. The summed E-state index contributed by atoms with van der Waals surface area (Å²) in [6.45, 7) is 5.08. The number of rotatable bonds is 2. The minimum absolute atomic E-state index is 0.833. The molecule has 2 rings (SSSR count). The highest BCUT2D eigenvalue weighted by Crippen LogP contribution is 2.07. The van der Waals surface area contributed by atoms with Crippen LogP contribution in [-0.4, -0.2) is 11.1 Å². The molecule has 102 valence electrons. The van der Waals surface area contributed by atoms with Gasteiger partial charge in [0, 0.05) is 6.92 Å². The molecule has 0 atom stereocenters. The summed E-state index contributed by atoms with van der Waals surface area (Å²) in [6.07, 6.45) is 1.03. The minimum Gasteiger partial charge on any atom is -0.481 e. The first-order valence-corrected chi connectivity index (χ1v) is 6.46. The molecule has 2 aromatic carbocycles. The molecule has 0 unspecified atom stereocenters. The van der Waals surface area contributed by atoms with Gasteiger partial charge in [-0.15, -0.1) is 0 Å². The lowest BCUT2D eigenvalue weighted by molar-refractivity contribution is -0.134. The molecular formula is C17H22O2. The first-order valence-electron chi connectivity index (χ1n) is 6.46. The summed E-state index contributed by atoms with van der Waals surface area (Å²) in [6, 6.07) is 21.1. The number of hydrogen-bond donors (Lipinski definition) is 1. The molecule has 0 aromatic heterocycles. The molecule has 0 bridgehead atoms. The van der Waals surface area contributed by atoms with Gasteiger partial charge in [-0.1, -0.05) is 74.5 Å². The van der Waals surface area contributed by atoms with Crippen LogP contribution < -0.4 is 0 Å². The second kappa shape index (κ2) is 11.0. The van der Waals surface area contributed by atoms with Crippen LogP contribution in [0, 0.1) is 0 Å². The van der Waals surface area contributed by atoms with Crippen LogP contribution in [0.3, 0.4) is 0 Å². The Morgan fingerprint density at radius 2 is 1.11 bits per heavy atom. The van der Waals surface area contributed by atoms with Gasteiger partial charge < -0.3 is 5.11 Å². The van der Waals surface area contributed by atoms with E-state index >= 15 is 0 Å². The quantitative estimate of drug-likeness (QED) is 0.867.